The molecule has 0 saturated heterocycles. The molecule has 0 atom stereocenters. The van der Waals surface area contributed by atoms with E-state index in [4.69, 9.17) is 0 Å². The minimum absolute atomic E-state index is 0.0935. The SMILES string of the molecule is CC(C)NCCC(F)(F)C(F)(F)F. The maximum absolute atomic E-state index is 12.2. The molecular weight excluding hydrogens is 193 g/mol. The van der Waals surface area contributed by atoms with Crippen LogP contribution in [-0.4, -0.2) is 24.7 Å². The van der Waals surface area contributed by atoms with Crippen molar-refractivity contribution in [3.8, 4) is 0 Å². The molecule has 0 aromatic rings. The van der Waals surface area contributed by atoms with Crippen LogP contribution >= 0.6 is 0 Å². The van der Waals surface area contributed by atoms with E-state index in [9.17, 15) is 22.0 Å². The molecule has 0 aromatic carbocycles. The molecule has 0 aliphatic rings. The fourth-order valence-electron chi connectivity index (χ4n) is 0.660. The third-order valence-corrected chi connectivity index (χ3v) is 1.41. The summed E-state index contributed by atoms with van der Waals surface area (Å²) in [4.78, 5) is 0. The van der Waals surface area contributed by atoms with Gasteiger partial charge in [-0.15, -0.1) is 0 Å². The maximum atomic E-state index is 12.2. The highest BCUT2D eigenvalue weighted by molar-refractivity contribution is 4.76. The summed E-state index contributed by atoms with van der Waals surface area (Å²) in [7, 11) is 0. The van der Waals surface area contributed by atoms with Crippen molar-refractivity contribution in [2.75, 3.05) is 6.54 Å². The van der Waals surface area contributed by atoms with Crippen molar-refractivity contribution < 1.29 is 22.0 Å². The highest BCUT2D eigenvalue weighted by Crippen LogP contribution is 2.37. The van der Waals surface area contributed by atoms with Crippen molar-refractivity contribution in [2.24, 2.45) is 0 Å². The van der Waals surface area contributed by atoms with Crippen LogP contribution in [0.3, 0.4) is 0 Å². The summed E-state index contributed by atoms with van der Waals surface area (Å²) in [6, 6.07) is -0.0935. The van der Waals surface area contributed by atoms with E-state index < -0.39 is 18.5 Å². The Morgan fingerprint density at radius 2 is 1.54 bits per heavy atom. The summed E-state index contributed by atoms with van der Waals surface area (Å²) in [5.74, 6) is -4.59. The van der Waals surface area contributed by atoms with E-state index in [2.05, 4.69) is 5.32 Å². The largest absolute Gasteiger partial charge is 0.453 e. The lowest BCUT2D eigenvalue weighted by atomic mass is 10.2. The summed E-state index contributed by atoms with van der Waals surface area (Å²) < 4.78 is 59.2. The molecule has 80 valence electrons. The van der Waals surface area contributed by atoms with E-state index in [0.29, 0.717) is 0 Å². The molecule has 0 unspecified atom stereocenters. The van der Waals surface area contributed by atoms with Crippen LogP contribution < -0.4 is 5.32 Å². The maximum Gasteiger partial charge on any atom is 0.453 e. The summed E-state index contributed by atoms with van der Waals surface area (Å²) in [6.45, 7) is 3.00. The quantitative estimate of drug-likeness (QED) is 0.695. The van der Waals surface area contributed by atoms with Gasteiger partial charge in [0.2, 0.25) is 0 Å². The van der Waals surface area contributed by atoms with Gasteiger partial charge in [0.1, 0.15) is 0 Å². The van der Waals surface area contributed by atoms with E-state index in [-0.39, 0.29) is 12.6 Å². The van der Waals surface area contributed by atoms with Gasteiger partial charge in [-0.2, -0.15) is 22.0 Å². The lowest BCUT2D eigenvalue weighted by molar-refractivity contribution is -0.283. The molecule has 0 bridgehead atoms. The molecule has 6 heteroatoms. The first-order chi connectivity index (χ1) is 5.67. The van der Waals surface area contributed by atoms with E-state index in [1.165, 1.54) is 0 Å². The van der Waals surface area contributed by atoms with Crippen molar-refractivity contribution in [1.82, 2.24) is 5.32 Å². The van der Waals surface area contributed by atoms with Crippen LogP contribution in [0.25, 0.3) is 0 Å². The molecule has 0 fully saturated rings. The first-order valence-electron chi connectivity index (χ1n) is 3.85. The number of nitrogens with one attached hydrogen (secondary N) is 1. The molecule has 0 amide bonds. The Balaban J connectivity index is 3.90. The minimum atomic E-state index is -5.44. The molecule has 0 spiro atoms. The Bertz CT molecular complexity index is 151. The van der Waals surface area contributed by atoms with E-state index in [0.717, 1.165) is 0 Å². The number of hydrogen-bond donors (Lipinski definition) is 1. The number of halogens is 5. The van der Waals surface area contributed by atoms with Crippen molar-refractivity contribution in [3.05, 3.63) is 0 Å². The Morgan fingerprint density at radius 3 is 1.85 bits per heavy atom. The summed E-state index contributed by atoms with van der Waals surface area (Å²) in [5, 5.41) is 2.49. The molecule has 13 heavy (non-hydrogen) atoms. The zero-order chi connectivity index (χ0) is 10.7. The zero-order valence-electron chi connectivity index (χ0n) is 7.38. The van der Waals surface area contributed by atoms with Crippen LogP contribution in [0.5, 0.6) is 0 Å². The van der Waals surface area contributed by atoms with Crippen LogP contribution in [0.4, 0.5) is 22.0 Å². The van der Waals surface area contributed by atoms with Gasteiger partial charge in [-0.25, -0.2) is 0 Å². The minimum Gasteiger partial charge on any atom is -0.314 e. The Labute approximate surface area is 73.3 Å². The molecule has 0 heterocycles. The average molecular weight is 205 g/mol. The predicted octanol–water partition coefficient (Wildman–Crippen LogP) is 2.57. The van der Waals surface area contributed by atoms with Crippen LogP contribution in [0.1, 0.15) is 20.3 Å². The summed E-state index contributed by atoms with van der Waals surface area (Å²) in [5.41, 5.74) is 0. The fraction of sp³-hybridized carbons (Fsp3) is 1.00. The molecule has 0 aromatic heterocycles. The fourth-order valence-corrected chi connectivity index (χ4v) is 0.660. The van der Waals surface area contributed by atoms with E-state index in [1.807, 2.05) is 0 Å². The van der Waals surface area contributed by atoms with Crippen LogP contribution in [0, 0.1) is 0 Å². The first kappa shape index (κ1) is 12.6. The van der Waals surface area contributed by atoms with Gasteiger partial charge in [0.15, 0.2) is 0 Å². The van der Waals surface area contributed by atoms with Crippen molar-refractivity contribution in [3.63, 3.8) is 0 Å². The second kappa shape index (κ2) is 4.21. The number of hydrogen-bond acceptors (Lipinski definition) is 1. The predicted molar refractivity (Wildman–Crippen MR) is 38.8 cm³/mol. The normalized spacial score (nSPS) is 13.8. The van der Waals surface area contributed by atoms with Gasteiger partial charge < -0.3 is 5.32 Å². The van der Waals surface area contributed by atoms with Crippen LogP contribution in [0.15, 0.2) is 0 Å². The molecule has 1 nitrogen and oxygen atoms in total. The molecule has 0 saturated carbocycles. The van der Waals surface area contributed by atoms with Gasteiger partial charge in [-0.05, 0) is 0 Å². The van der Waals surface area contributed by atoms with E-state index >= 15 is 0 Å². The smallest absolute Gasteiger partial charge is 0.314 e. The molecule has 1 N–H and O–H groups in total. The number of alkyl halides is 5. The number of rotatable bonds is 4. The van der Waals surface area contributed by atoms with Crippen LogP contribution in [0.2, 0.25) is 0 Å². The van der Waals surface area contributed by atoms with Crippen molar-refractivity contribution in [1.29, 1.82) is 0 Å². The third-order valence-electron chi connectivity index (χ3n) is 1.41. The van der Waals surface area contributed by atoms with Gasteiger partial charge in [0, 0.05) is 19.0 Å². The van der Waals surface area contributed by atoms with Crippen molar-refractivity contribution >= 4 is 0 Å². The van der Waals surface area contributed by atoms with E-state index in [1.54, 1.807) is 13.8 Å². The highest BCUT2D eigenvalue weighted by Gasteiger charge is 2.56. The van der Waals surface area contributed by atoms with Gasteiger partial charge in [-0.3, -0.25) is 0 Å². The van der Waals surface area contributed by atoms with Crippen LogP contribution in [-0.2, 0) is 0 Å². The van der Waals surface area contributed by atoms with Gasteiger partial charge in [-0.1, -0.05) is 13.8 Å². The van der Waals surface area contributed by atoms with Crippen molar-refractivity contribution in [2.45, 2.75) is 38.4 Å². The zero-order valence-corrected chi connectivity index (χ0v) is 7.38. The molecule has 0 aliphatic carbocycles. The topological polar surface area (TPSA) is 12.0 Å². The Hall–Kier alpha value is -0.390. The molecule has 0 radical (unpaired) electrons. The Kier molecular flexibility index (Phi) is 4.09. The third kappa shape index (κ3) is 4.40. The van der Waals surface area contributed by atoms with Gasteiger partial charge in [0.25, 0.3) is 0 Å². The first-order valence-corrected chi connectivity index (χ1v) is 3.85. The standard InChI is InChI=1S/C7H12F5N/c1-5(2)13-4-3-6(8,9)7(10,11)12/h5,13H,3-4H2,1-2H3. The Morgan fingerprint density at radius 1 is 1.08 bits per heavy atom. The highest BCUT2D eigenvalue weighted by atomic mass is 19.4. The lowest BCUT2D eigenvalue weighted by Gasteiger charge is -2.20. The lowest BCUT2D eigenvalue weighted by Crippen LogP contribution is -2.40. The molecule has 0 rings (SSSR count). The van der Waals surface area contributed by atoms with Gasteiger partial charge >= 0.3 is 12.1 Å². The average Bonchev–Trinajstić information content (AvgIpc) is 1.82. The summed E-state index contributed by atoms with van der Waals surface area (Å²) >= 11 is 0. The second-order valence-corrected chi connectivity index (χ2v) is 3.06. The molecule has 0 aliphatic heterocycles. The summed E-state index contributed by atoms with van der Waals surface area (Å²) in [6.07, 6.45) is -6.65. The second-order valence-electron chi connectivity index (χ2n) is 3.06. The van der Waals surface area contributed by atoms with Gasteiger partial charge in [0.05, 0.1) is 0 Å². The monoisotopic (exact) mass is 205 g/mol. The molecular formula is C7H12F5N.